The number of hydrogen-bond acceptors (Lipinski definition) is 2. The summed E-state index contributed by atoms with van der Waals surface area (Å²) in [7, 11) is 0. The van der Waals surface area contributed by atoms with Gasteiger partial charge in [-0.15, -0.1) is 0 Å². The molecule has 1 unspecified atom stereocenters. The van der Waals surface area contributed by atoms with E-state index in [1.165, 1.54) is 0 Å². The molecule has 1 atom stereocenters. The predicted octanol–water partition coefficient (Wildman–Crippen LogP) is 3.48. The Morgan fingerprint density at radius 1 is 1.00 bits per heavy atom. The molecule has 0 bridgehead atoms. The van der Waals surface area contributed by atoms with Crippen LogP contribution in [-0.4, -0.2) is 10.8 Å². The molecule has 0 spiro atoms. The molecular formula is C17H20NO. The first-order valence-corrected chi connectivity index (χ1v) is 6.44. The van der Waals surface area contributed by atoms with E-state index in [1.54, 1.807) is 0 Å². The first-order chi connectivity index (χ1) is 8.98. The standard InChI is InChI=1S/C17H20NO/c1-13-8-7-9-14(2)16(13)18-17(3,19)12-15-10-5-4-6-11-15/h4-11,18-19H,3,12H2,1-2H3. The summed E-state index contributed by atoms with van der Waals surface area (Å²) >= 11 is 0. The van der Waals surface area contributed by atoms with E-state index < -0.39 is 5.72 Å². The Kier molecular flexibility index (Phi) is 3.91. The van der Waals surface area contributed by atoms with Crippen molar-refractivity contribution in [1.29, 1.82) is 0 Å². The normalized spacial score (nSPS) is 13.9. The third-order valence-corrected chi connectivity index (χ3v) is 3.18. The predicted molar refractivity (Wildman–Crippen MR) is 80.0 cm³/mol. The van der Waals surface area contributed by atoms with Gasteiger partial charge in [-0.3, -0.25) is 0 Å². The summed E-state index contributed by atoms with van der Waals surface area (Å²) in [4.78, 5) is 0. The lowest BCUT2D eigenvalue weighted by Crippen LogP contribution is -2.37. The van der Waals surface area contributed by atoms with Crippen molar-refractivity contribution >= 4 is 5.69 Å². The fraction of sp³-hybridized carbons (Fsp3) is 0.235. The summed E-state index contributed by atoms with van der Waals surface area (Å²) in [6.45, 7) is 7.93. The molecule has 2 rings (SSSR count). The largest absolute Gasteiger partial charge is 0.371 e. The van der Waals surface area contributed by atoms with Crippen molar-refractivity contribution in [2.75, 3.05) is 5.32 Å². The van der Waals surface area contributed by atoms with E-state index in [0.29, 0.717) is 6.42 Å². The third-order valence-electron chi connectivity index (χ3n) is 3.18. The van der Waals surface area contributed by atoms with E-state index >= 15 is 0 Å². The van der Waals surface area contributed by atoms with E-state index in [1.807, 2.05) is 62.4 Å². The maximum atomic E-state index is 10.4. The molecule has 0 saturated carbocycles. The van der Waals surface area contributed by atoms with Gasteiger partial charge < -0.3 is 10.4 Å². The first-order valence-electron chi connectivity index (χ1n) is 6.44. The lowest BCUT2D eigenvalue weighted by atomic mass is 10.0. The highest BCUT2D eigenvalue weighted by Crippen LogP contribution is 2.24. The van der Waals surface area contributed by atoms with Crippen LogP contribution in [0.5, 0.6) is 0 Å². The molecule has 2 N–H and O–H groups in total. The molecule has 19 heavy (non-hydrogen) atoms. The maximum absolute atomic E-state index is 10.4. The molecular weight excluding hydrogens is 234 g/mol. The van der Waals surface area contributed by atoms with Crippen LogP contribution in [0.4, 0.5) is 5.69 Å². The number of aliphatic hydroxyl groups is 1. The summed E-state index contributed by atoms with van der Waals surface area (Å²) in [5.41, 5.74) is 3.01. The van der Waals surface area contributed by atoms with Crippen molar-refractivity contribution in [3.63, 3.8) is 0 Å². The van der Waals surface area contributed by atoms with Gasteiger partial charge in [0.25, 0.3) is 0 Å². The second-order valence-corrected chi connectivity index (χ2v) is 5.09. The molecule has 0 aromatic heterocycles. The summed E-state index contributed by atoms with van der Waals surface area (Å²) in [6.07, 6.45) is 0.460. The number of rotatable bonds is 4. The molecule has 0 aliphatic rings. The second kappa shape index (κ2) is 5.45. The van der Waals surface area contributed by atoms with Crippen molar-refractivity contribution in [2.45, 2.75) is 26.0 Å². The fourth-order valence-corrected chi connectivity index (χ4v) is 2.22. The van der Waals surface area contributed by atoms with E-state index in [9.17, 15) is 5.11 Å². The first kappa shape index (κ1) is 13.6. The van der Waals surface area contributed by atoms with Crippen LogP contribution in [0, 0.1) is 20.8 Å². The molecule has 2 aromatic rings. The van der Waals surface area contributed by atoms with E-state index in [2.05, 4.69) is 12.2 Å². The van der Waals surface area contributed by atoms with Crippen LogP contribution in [0.2, 0.25) is 0 Å². The molecule has 0 aliphatic heterocycles. The van der Waals surface area contributed by atoms with Crippen LogP contribution in [0.3, 0.4) is 0 Å². The number of para-hydroxylation sites is 1. The molecule has 2 nitrogen and oxygen atoms in total. The highest BCUT2D eigenvalue weighted by molar-refractivity contribution is 5.58. The fourth-order valence-electron chi connectivity index (χ4n) is 2.22. The van der Waals surface area contributed by atoms with Crippen molar-refractivity contribution in [3.05, 3.63) is 72.1 Å². The molecule has 99 valence electrons. The van der Waals surface area contributed by atoms with E-state index in [-0.39, 0.29) is 0 Å². The molecule has 0 fully saturated rings. The van der Waals surface area contributed by atoms with Gasteiger partial charge in [0.1, 0.15) is 5.72 Å². The van der Waals surface area contributed by atoms with Crippen LogP contribution >= 0.6 is 0 Å². The van der Waals surface area contributed by atoms with Gasteiger partial charge in [-0.25, -0.2) is 0 Å². The molecule has 2 heteroatoms. The third kappa shape index (κ3) is 3.58. The smallest absolute Gasteiger partial charge is 0.139 e. The number of anilines is 1. The second-order valence-electron chi connectivity index (χ2n) is 5.09. The summed E-state index contributed by atoms with van der Waals surface area (Å²) in [6, 6.07) is 15.9. The van der Waals surface area contributed by atoms with Crippen molar-refractivity contribution in [1.82, 2.24) is 0 Å². The molecule has 2 aromatic carbocycles. The lowest BCUT2D eigenvalue weighted by Gasteiger charge is -2.28. The number of benzene rings is 2. The van der Waals surface area contributed by atoms with Gasteiger partial charge in [-0.1, -0.05) is 48.5 Å². The highest BCUT2D eigenvalue weighted by Gasteiger charge is 2.22. The summed E-state index contributed by atoms with van der Waals surface area (Å²) in [5, 5.41) is 13.6. The average molecular weight is 254 g/mol. The van der Waals surface area contributed by atoms with E-state index in [4.69, 9.17) is 0 Å². The van der Waals surface area contributed by atoms with Gasteiger partial charge in [-0.2, -0.15) is 0 Å². The number of aryl methyl sites for hydroxylation is 2. The molecule has 0 aliphatic carbocycles. The van der Waals surface area contributed by atoms with Crippen LogP contribution in [0.25, 0.3) is 0 Å². The quantitative estimate of drug-likeness (QED) is 0.819. The van der Waals surface area contributed by atoms with E-state index in [0.717, 1.165) is 22.4 Å². The lowest BCUT2D eigenvalue weighted by molar-refractivity contribution is 0.119. The van der Waals surface area contributed by atoms with Crippen molar-refractivity contribution in [2.24, 2.45) is 0 Å². The Hall–Kier alpha value is -1.80. The zero-order valence-electron chi connectivity index (χ0n) is 11.5. The van der Waals surface area contributed by atoms with Gasteiger partial charge in [0, 0.05) is 12.1 Å². The minimum Gasteiger partial charge on any atom is -0.371 e. The SMILES string of the molecule is [CH2]C(O)(Cc1ccccc1)Nc1c(C)cccc1C. The zero-order valence-corrected chi connectivity index (χ0v) is 11.5. The molecule has 1 radical (unpaired) electrons. The Bertz CT molecular complexity index is 526. The highest BCUT2D eigenvalue weighted by atomic mass is 16.3. The Morgan fingerprint density at radius 3 is 2.16 bits per heavy atom. The molecule has 0 saturated heterocycles. The van der Waals surface area contributed by atoms with Crippen molar-refractivity contribution < 1.29 is 5.11 Å². The minimum absolute atomic E-state index is 0.460. The molecule has 0 amide bonds. The summed E-state index contributed by atoms with van der Waals surface area (Å²) < 4.78 is 0. The number of hydrogen-bond donors (Lipinski definition) is 2. The molecule has 0 heterocycles. The van der Waals surface area contributed by atoms with Crippen LogP contribution in [0.15, 0.2) is 48.5 Å². The van der Waals surface area contributed by atoms with Crippen molar-refractivity contribution in [3.8, 4) is 0 Å². The monoisotopic (exact) mass is 254 g/mol. The summed E-state index contributed by atoms with van der Waals surface area (Å²) in [5.74, 6) is 0. The van der Waals surface area contributed by atoms with Gasteiger partial charge in [-0.05, 0) is 37.5 Å². The Balaban J connectivity index is 2.17. The van der Waals surface area contributed by atoms with Gasteiger partial charge in [0.05, 0.1) is 0 Å². The Morgan fingerprint density at radius 2 is 1.58 bits per heavy atom. The van der Waals surface area contributed by atoms with Crippen LogP contribution in [0.1, 0.15) is 16.7 Å². The number of nitrogens with one attached hydrogen (secondary N) is 1. The topological polar surface area (TPSA) is 32.3 Å². The minimum atomic E-state index is -1.21. The van der Waals surface area contributed by atoms with Gasteiger partial charge in [0.2, 0.25) is 0 Å². The van der Waals surface area contributed by atoms with Crippen LogP contribution in [-0.2, 0) is 6.42 Å². The van der Waals surface area contributed by atoms with Gasteiger partial charge >= 0.3 is 0 Å². The van der Waals surface area contributed by atoms with Crippen LogP contribution < -0.4 is 5.32 Å². The zero-order chi connectivity index (χ0) is 13.9. The Labute approximate surface area is 115 Å². The average Bonchev–Trinajstić information content (AvgIpc) is 2.35. The van der Waals surface area contributed by atoms with Gasteiger partial charge in [0.15, 0.2) is 0 Å². The maximum Gasteiger partial charge on any atom is 0.139 e.